The van der Waals surface area contributed by atoms with Crippen molar-refractivity contribution in [2.45, 2.75) is 32.4 Å². The molecular weight excluding hydrogens is 140 g/mol. The van der Waals surface area contributed by atoms with Gasteiger partial charge in [-0.05, 0) is 33.3 Å². The molecule has 58 valence electrons. The molecule has 0 fully saturated rings. The van der Waals surface area contributed by atoms with Crippen LogP contribution in [0.4, 0.5) is 0 Å². The first-order valence-electron chi connectivity index (χ1n) is 3.54. The van der Waals surface area contributed by atoms with E-state index in [2.05, 4.69) is 38.6 Å². The van der Waals surface area contributed by atoms with Crippen LogP contribution in [-0.4, -0.2) is 4.75 Å². The molecule has 0 aliphatic carbocycles. The van der Waals surface area contributed by atoms with Crippen molar-refractivity contribution < 1.29 is 0 Å². The molecule has 0 amide bonds. The van der Waals surface area contributed by atoms with Crippen LogP contribution in [0.1, 0.15) is 27.7 Å². The lowest BCUT2D eigenvalue weighted by molar-refractivity contribution is 0.863. The third-order valence-corrected chi connectivity index (χ3v) is 1.62. The number of rotatable bonds is 2. The SMILES string of the molecule is C/C=C\C(=C/C)C(C)(C)S. The maximum absolute atomic E-state index is 4.44. The smallest absolute Gasteiger partial charge is 0.0318 e. The molecule has 0 aliphatic heterocycles. The lowest BCUT2D eigenvalue weighted by Crippen LogP contribution is -2.12. The van der Waals surface area contributed by atoms with Gasteiger partial charge in [-0.1, -0.05) is 18.2 Å². The molecule has 1 heteroatoms. The Balaban J connectivity index is 4.39. The van der Waals surface area contributed by atoms with Gasteiger partial charge in [0.25, 0.3) is 0 Å². The molecule has 0 spiro atoms. The zero-order chi connectivity index (χ0) is 8.20. The van der Waals surface area contributed by atoms with Gasteiger partial charge in [0, 0.05) is 4.75 Å². The van der Waals surface area contributed by atoms with E-state index in [4.69, 9.17) is 0 Å². The Kier molecular flexibility index (Phi) is 3.80. The zero-order valence-corrected chi connectivity index (χ0v) is 8.07. The number of allylic oxidation sites excluding steroid dienone is 3. The molecule has 0 saturated heterocycles. The van der Waals surface area contributed by atoms with E-state index in [-0.39, 0.29) is 4.75 Å². The van der Waals surface area contributed by atoms with Crippen molar-refractivity contribution in [1.29, 1.82) is 0 Å². The normalized spacial score (nSPS) is 14.7. The molecular formula is C9H16S. The van der Waals surface area contributed by atoms with Crippen molar-refractivity contribution in [3.8, 4) is 0 Å². The van der Waals surface area contributed by atoms with Crippen molar-refractivity contribution in [2.75, 3.05) is 0 Å². The van der Waals surface area contributed by atoms with E-state index in [0.29, 0.717) is 0 Å². The van der Waals surface area contributed by atoms with Crippen LogP contribution in [0.2, 0.25) is 0 Å². The number of thiol groups is 1. The summed E-state index contributed by atoms with van der Waals surface area (Å²) in [5, 5.41) is 0. The third kappa shape index (κ3) is 3.11. The highest BCUT2D eigenvalue weighted by Gasteiger charge is 2.13. The molecule has 0 N–H and O–H groups in total. The maximum atomic E-state index is 4.44. The molecule has 0 rings (SSSR count). The molecule has 0 aliphatic rings. The third-order valence-electron chi connectivity index (χ3n) is 1.36. The molecule has 0 bridgehead atoms. The average Bonchev–Trinajstić information content (AvgIpc) is 1.80. The minimum atomic E-state index is -0.0126. The Morgan fingerprint density at radius 3 is 1.90 bits per heavy atom. The second kappa shape index (κ2) is 3.87. The first-order chi connectivity index (χ1) is 4.52. The number of hydrogen-bond donors (Lipinski definition) is 1. The Morgan fingerprint density at radius 1 is 1.30 bits per heavy atom. The first kappa shape index (κ1) is 9.83. The Bertz CT molecular complexity index is 147. The van der Waals surface area contributed by atoms with Crippen molar-refractivity contribution in [3.05, 3.63) is 23.8 Å². The highest BCUT2D eigenvalue weighted by Crippen LogP contribution is 2.23. The quantitative estimate of drug-likeness (QED) is 0.460. The van der Waals surface area contributed by atoms with Crippen molar-refractivity contribution >= 4 is 12.6 Å². The van der Waals surface area contributed by atoms with Crippen LogP contribution in [0.3, 0.4) is 0 Å². The van der Waals surface area contributed by atoms with Gasteiger partial charge >= 0.3 is 0 Å². The van der Waals surface area contributed by atoms with Crippen LogP contribution >= 0.6 is 12.6 Å². The van der Waals surface area contributed by atoms with Gasteiger partial charge in [-0.15, -0.1) is 0 Å². The Morgan fingerprint density at radius 2 is 1.80 bits per heavy atom. The summed E-state index contributed by atoms with van der Waals surface area (Å²) in [5.41, 5.74) is 1.26. The minimum absolute atomic E-state index is 0.0126. The molecule has 0 radical (unpaired) electrons. The predicted molar refractivity (Wildman–Crippen MR) is 51.6 cm³/mol. The van der Waals surface area contributed by atoms with E-state index < -0.39 is 0 Å². The van der Waals surface area contributed by atoms with E-state index in [1.165, 1.54) is 5.57 Å². The standard InChI is InChI=1S/C9H16S/c1-5-7-8(6-2)9(3,4)10/h5-7,10H,1-4H3/b7-5-,8-6+. The maximum Gasteiger partial charge on any atom is 0.0318 e. The molecule has 0 heterocycles. The summed E-state index contributed by atoms with van der Waals surface area (Å²) in [4.78, 5) is 0. The highest BCUT2D eigenvalue weighted by molar-refractivity contribution is 7.82. The fraction of sp³-hybridized carbons (Fsp3) is 0.556. The van der Waals surface area contributed by atoms with Crippen LogP contribution in [0, 0.1) is 0 Å². The fourth-order valence-corrected chi connectivity index (χ4v) is 1.04. The van der Waals surface area contributed by atoms with Gasteiger partial charge in [0.15, 0.2) is 0 Å². The van der Waals surface area contributed by atoms with Crippen LogP contribution in [0.25, 0.3) is 0 Å². The van der Waals surface area contributed by atoms with Gasteiger partial charge in [-0.3, -0.25) is 0 Å². The zero-order valence-electron chi connectivity index (χ0n) is 7.18. The van der Waals surface area contributed by atoms with E-state index in [1.807, 2.05) is 19.9 Å². The van der Waals surface area contributed by atoms with Crippen LogP contribution in [0.5, 0.6) is 0 Å². The molecule has 0 saturated carbocycles. The average molecular weight is 156 g/mol. The van der Waals surface area contributed by atoms with E-state index in [1.54, 1.807) is 0 Å². The molecule has 0 aromatic carbocycles. The van der Waals surface area contributed by atoms with Gasteiger partial charge in [0.05, 0.1) is 0 Å². The Hall–Kier alpha value is -0.170. The van der Waals surface area contributed by atoms with Crippen molar-refractivity contribution in [3.63, 3.8) is 0 Å². The summed E-state index contributed by atoms with van der Waals surface area (Å²) in [6.07, 6.45) is 6.22. The van der Waals surface area contributed by atoms with E-state index in [9.17, 15) is 0 Å². The summed E-state index contributed by atoms with van der Waals surface area (Å²) in [7, 11) is 0. The lowest BCUT2D eigenvalue weighted by Gasteiger charge is -2.18. The topological polar surface area (TPSA) is 0 Å². The minimum Gasteiger partial charge on any atom is -0.168 e. The summed E-state index contributed by atoms with van der Waals surface area (Å²) >= 11 is 4.44. The summed E-state index contributed by atoms with van der Waals surface area (Å²) in [6, 6.07) is 0. The predicted octanol–water partition coefficient (Wildman–Crippen LogP) is 3.22. The second-order valence-electron chi connectivity index (χ2n) is 2.80. The summed E-state index contributed by atoms with van der Waals surface area (Å²) in [6.45, 7) is 8.23. The molecule has 0 atom stereocenters. The number of hydrogen-bond acceptors (Lipinski definition) is 1. The Labute approximate surface area is 69.4 Å². The van der Waals surface area contributed by atoms with Gasteiger partial charge in [0.2, 0.25) is 0 Å². The largest absolute Gasteiger partial charge is 0.168 e. The van der Waals surface area contributed by atoms with Crippen LogP contribution in [-0.2, 0) is 0 Å². The lowest BCUT2D eigenvalue weighted by atomic mass is 10.0. The summed E-state index contributed by atoms with van der Waals surface area (Å²) in [5.74, 6) is 0. The molecule has 0 unspecified atom stereocenters. The van der Waals surface area contributed by atoms with Crippen molar-refractivity contribution in [2.24, 2.45) is 0 Å². The van der Waals surface area contributed by atoms with Gasteiger partial charge in [-0.25, -0.2) is 0 Å². The monoisotopic (exact) mass is 156 g/mol. The second-order valence-corrected chi connectivity index (χ2v) is 3.92. The van der Waals surface area contributed by atoms with Crippen LogP contribution in [0.15, 0.2) is 23.8 Å². The van der Waals surface area contributed by atoms with E-state index in [0.717, 1.165) is 0 Å². The fourth-order valence-electron chi connectivity index (χ4n) is 0.833. The highest BCUT2D eigenvalue weighted by atomic mass is 32.1. The van der Waals surface area contributed by atoms with Gasteiger partial charge in [-0.2, -0.15) is 12.6 Å². The molecule has 10 heavy (non-hydrogen) atoms. The molecule has 0 aromatic rings. The van der Waals surface area contributed by atoms with Crippen molar-refractivity contribution in [1.82, 2.24) is 0 Å². The molecule has 0 aromatic heterocycles. The summed E-state index contributed by atoms with van der Waals surface area (Å²) < 4.78 is -0.0126. The molecule has 0 nitrogen and oxygen atoms in total. The first-order valence-corrected chi connectivity index (χ1v) is 3.99. The van der Waals surface area contributed by atoms with Crippen LogP contribution < -0.4 is 0 Å². The van der Waals surface area contributed by atoms with Gasteiger partial charge < -0.3 is 0 Å². The van der Waals surface area contributed by atoms with E-state index >= 15 is 0 Å². The van der Waals surface area contributed by atoms with Gasteiger partial charge in [0.1, 0.15) is 0 Å².